The van der Waals surface area contributed by atoms with E-state index in [9.17, 15) is 9.18 Å². The summed E-state index contributed by atoms with van der Waals surface area (Å²) < 4.78 is 20.3. The quantitative estimate of drug-likeness (QED) is 0.888. The molecule has 0 unspecified atom stereocenters. The average Bonchev–Trinajstić information content (AvgIpc) is 3.27. The SMILES string of the molecule is Cl.NC[C@H]1CC[C@@H](C(=O)N2CC3(CCCC3)c3c(F)cccc32)O1. The van der Waals surface area contributed by atoms with E-state index >= 15 is 0 Å². The zero-order chi connectivity index (χ0) is 16.0. The first kappa shape index (κ1) is 17.6. The van der Waals surface area contributed by atoms with Crippen molar-refractivity contribution in [2.75, 3.05) is 18.0 Å². The molecule has 2 fully saturated rings. The van der Waals surface area contributed by atoms with Crippen LogP contribution < -0.4 is 10.6 Å². The molecule has 132 valence electrons. The Hall–Kier alpha value is -1.17. The van der Waals surface area contributed by atoms with Crippen LogP contribution in [-0.4, -0.2) is 31.2 Å². The van der Waals surface area contributed by atoms with Gasteiger partial charge in [0, 0.05) is 24.1 Å². The Morgan fingerprint density at radius 1 is 1.33 bits per heavy atom. The van der Waals surface area contributed by atoms with Crippen molar-refractivity contribution < 1.29 is 13.9 Å². The fourth-order valence-electron chi connectivity index (χ4n) is 4.62. The first-order valence-electron chi connectivity index (χ1n) is 8.60. The minimum absolute atomic E-state index is 0. The Bertz CT molecular complexity index is 633. The number of anilines is 1. The number of hydrogen-bond donors (Lipinski definition) is 1. The molecule has 1 spiro atoms. The largest absolute Gasteiger partial charge is 0.364 e. The molecule has 1 amide bonds. The van der Waals surface area contributed by atoms with Crippen LogP contribution in [0.3, 0.4) is 0 Å². The van der Waals surface area contributed by atoms with Gasteiger partial charge < -0.3 is 15.4 Å². The molecule has 1 saturated heterocycles. The van der Waals surface area contributed by atoms with E-state index in [1.54, 1.807) is 11.0 Å². The molecule has 1 aromatic rings. The van der Waals surface area contributed by atoms with Gasteiger partial charge in [0.15, 0.2) is 0 Å². The van der Waals surface area contributed by atoms with E-state index in [1.165, 1.54) is 6.07 Å². The summed E-state index contributed by atoms with van der Waals surface area (Å²) in [6.45, 7) is 1.04. The predicted octanol–water partition coefficient (Wildman–Crippen LogP) is 2.91. The second kappa shape index (κ2) is 6.62. The van der Waals surface area contributed by atoms with Gasteiger partial charge in [0.1, 0.15) is 11.9 Å². The van der Waals surface area contributed by atoms with Crippen molar-refractivity contribution in [2.24, 2.45) is 5.73 Å². The lowest BCUT2D eigenvalue weighted by Gasteiger charge is -2.26. The van der Waals surface area contributed by atoms with Crippen molar-refractivity contribution in [3.63, 3.8) is 0 Å². The van der Waals surface area contributed by atoms with Crippen LogP contribution >= 0.6 is 12.4 Å². The number of fused-ring (bicyclic) bond motifs is 2. The van der Waals surface area contributed by atoms with Crippen molar-refractivity contribution in [3.05, 3.63) is 29.6 Å². The van der Waals surface area contributed by atoms with Gasteiger partial charge in [-0.1, -0.05) is 18.9 Å². The molecule has 24 heavy (non-hydrogen) atoms. The topological polar surface area (TPSA) is 55.6 Å². The molecule has 2 N–H and O–H groups in total. The fourth-order valence-corrected chi connectivity index (χ4v) is 4.62. The van der Waals surface area contributed by atoms with Crippen LogP contribution in [0.5, 0.6) is 0 Å². The molecule has 2 atom stereocenters. The van der Waals surface area contributed by atoms with Gasteiger partial charge in [-0.15, -0.1) is 12.4 Å². The smallest absolute Gasteiger partial charge is 0.256 e. The Balaban J connectivity index is 0.00000169. The molecular formula is C18H24ClFN2O2. The number of carbonyl (C=O) groups excluding carboxylic acids is 1. The predicted molar refractivity (Wildman–Crippen MR) is 93.1 cm³/mol. The van der Waals surface area contributed by atoms with Crippen LogP contribution in [0.15, 0.2) is 18.2 Å². The molecule has 3 aliphatic rings. The van der Waals surface area contributed by atoms with Gasteiger partial charge in [0.05, 0.1) is 11.8 Å². The van der Waals surface area contributed by atoms with Crippen LogP contribution in [0.4, 0.5) is 10.1 Å². The van der Waals surface area contributed by atoms with E-state index in [0.29, 0.717) is 19.5 Å². The highest BCUT2D eigenvalue weighted by Gasteiger charge is 2.49. The van der Waals surface area contributed by atoms with Gasteiger partial charge in [-0.2, -0.15) is 0 Å². The lowest BCUT2D eigenvalue weighted by molar-refractivity contribution is -0.129. The number of ether oxygens (including phenoxy) is 1. The van der Waals surface area contributed by atoms with Crippen molar-refractivity contribution in [2.45, 2.75) is 56.1 Å². The molecule has 4 nitrogen and oxygen atoms in total. The first-order chi connectivity index (χ1) is 11.1. The third-order valence-electron chi connectivity index (χ3n) is 5.75. The van der Waals surface area contributed by atoms with Crippen molar-refractivity contribution in [1.82, 2.24) is 0 Å². The third-order valence-corrected chi connectivity index (χ3v) is 5.75. The highest BCUT2D eigenvalue weighted by atomic mass is 35.5. The highest BCUT2D eigenvalue weighted by Crippen LogP contribution is 2.51. The van der Waals surface area contributed by atoms with Crippen molar-refractivity contribution in [1.29, 1.82) is 0 Å². The molecule has 2 heterocycles. The van der Waals surface area contributed by atoms with Gasteiger partial charge in [-0.05, 0) is 37.8 Å². The van der Waals surface area contributed by atoms with Gasteiger partial charge in [0.2, 0.25) is 0 Å². The third kappa shape index (κ3) is 2.63. The van der Waals surface area contributed by atoms with Crippen LogP contribution in [0.1, 0.15) is 44.1 Å². The van der Waals surface area contributed by atoms with E-state index in [2.05, 4.69) is 0 Å². The Morgan fingerprint density at radius 2 is 2.08 bits per heavy atom. The summed E-state index contributed by atoms with van der Waals surface area (Å²) in [6, 6.07) is 5.09. The molecule has 1 aromatic carbocycles. The maximum Gasteiger partial charge on any atom is 0.256 e. The summed E-state index contributed by atoms with van der Waals surface area (Å²) >= 11 is 0. The van der Waals surface area contributed by atoms with E-state index in [0.717, 1.165) is 43.4 Å². The molecule has 0 bridgehead atoms. The van der Waals surface area contributed by atoms with Gasteiger partial charge in [-0.3, -0.25) is 4.79 Å². The zero-order valence-corrected chi connectivity index (χ0v) is 14.5. The summed E-state index contributed by atoms with van der Waals surface area (Å²) in [5.41, 5.74) is 6.94. The summed E-state index contributed by atoms with van der Waals surface area (Å²) in [7, 11) is 0. The number of rotatable bonds is 2. The molecule has 1 saturated carbocycles. The number of carbonyl (C=O) groups is 1. The second-order valence-electron chi connectivity index (χ2n) is 7.11. The Labute approximate surface area is 147 Å². The van der Waals surface area contributed by atoms with E-state index in [1.807, 2.05) is 6.07 Å². The van der Waals surface area contributed by atoms with Crippen molar-refractivity contribution >= 4 is 24.0 Å². The molecule has 0 aromatic heterocycles. The molecule has 6 heteroatoms. The maximum absolute atomic E-state index is 14.5. The Morgan fingerprint density at radius 3 is 2.75 bits per heavy atom. The number of halogens is 2. The standard InChI is InChI=1S/C18H23FN2O2.ClH/c19-13-4-3-5-14-16(13)18(8-1-2-9-18)11-21(14)17(22)15-7-6-12(10-20)23-15;/h3-5,12,15H,1-2,6-11,20H2;1H/t12-,15+;/m1./s1. The van der Waals surface area contributed by atoms with Crippen LogP contribution in [0.25, 0.3) is 0 Å². The monoisotopic (exact) mass is 354 g/mol. The number of nitrogens with two attached hydrogens (primary N) is 1. The van der Waals surface area contributed by atoms with E-state index in [-0.39, 0.29) is 35.7 Å². The fraction of sp³-hybridized carbons (Fsp3) is 0.611. The van der Waals surface area contributed by atoms with Crippen molar-refractivity contribution in [3.8, 4) is 0 Å². The lowest BCUT2D eigenvalue weighted by atomic mass is 9.80. The van der Waals surface area contributed by atoms with Crippen LogP contribution in [0.2, 0.25) is 0 Å². The minimum atomic E-state index is -0.434. The summed E-state index contributed by atoms with van der Waals surface area (Å²) in [6.07, 6.45) is 5.19. The molecule has 1 aliphatic carbocycles. The van der Waals surface area contributed by atoms with Gasteiger partial charge in [0.25, 0.3) is 5.91 Å². The summed E-state index contributed by atoms with van der Waals surface area (Å²) in [5, 5.41) is 0. The second-order valence-corrected chi connectivity index (χ2v) is 7.11. The van der Waals surface area contributed by atoms with E-state index < -0.39 is 6.10 Å². The average molecular weight is 355 g/mol. The number of nitrogens with zero attached hydrogens (tertiary/aromatic N) is 1. The number of amides is 1. The summed E-state index contributed by atoms with van der Waals surface area (Å²) in [5.74, 6) is -0.205. The molecule has 4 rings (SSSR count). The van der Waals surface area contributed by atoms with Crippen LogP contribution in [-0.2, 0) is 14.9 Å². The molecule has 0 radical (unpaired) electrons. The van der Waals surface area contributed by atoms with Gasteiger partial charge >= 0.3 is 0 Å². The highest BCUT2D eigenvalue weighted by molar-refractivity contribution is 5.99. The molecular weight excluding hydrogens is 331 g/mol. The Kier molecular flexibility index (Phi) is 4.87. The number of benzene rings is 1. The van der Waals surface area contributed by atoms with Gasteiger partial charge in [-0.25, -0.2) is 4.39 Å². The molecule has 2 aliphatic heterocycles. The first-order valence-corrected chi connectivity index (χ1v) is 8.60. The van der Waals surface area contributed by atoms with Crippen LogP contribution in [0, 0.1) is 5.82 Å². The lowest BCUT2D eigenvalue weighted by Crippen LogP contribution is -2.41. The normalized spacial score (nSPS) is 27.3. The van der Waals surface area contributed by atoms with E-state index in [4.69, 9.17) is 10.5 Å². The minimum Gasteiger partial charge on any atom is -0.364 e. The maximum atomic E-state index is 14.5. The number of hydrogen-bond acceptors (Lipinski definition) is 3. The summed E-state index contributed by atoms with van der Waals surface area (Å²) in [4.78, 5) is 14.7. The zero-order valence-electron chi connectivity index (χ0n) is 13.7.